The Kier molecular flexibility index (Phi) is 13.7. The van der Waals surface area contributed by atoms with Crippen molar-refractivity contribution in [2.45, 2.75) is 39.5 Å². The van der Waals surface area contributed by atoms with Crippen LogP contribution in [0.15, 0.2) is 158 Å². The highest BCUT2D eigenvalue weighted by Crippen LogP contribution is 2.52. The van der Waals surface area contributed by atoms with E-state index in [9.17, 15) is 9.13 Å². The lowest BCUT2D eigenvalue weighted by Gasteiger charge is -2.22. The summed E-state index contributed by atoms with van der Waals surface area (Å²) in [4.78, 5) is 6.00. The van der Waals surface area contributed by atoms with Gasteiger partial charge in [-0.25, -0.2) is 13.7 Å². The topological polar surface area (TPSA) is 108 Å². The van der Waals surface area contributed by atoms with Crippen molar-refractivity contribution in [2.75, 3.05) is 6.79 Å². The van der Waals surface area contributed by atoms with E-state index in [1.165, 1.54) is 0 Å². The second-order valence-electron chi connectivity index (χ2n) is 12.4. The summed E-state index contributed by atoms with van der Waals surface area (Å²) in [5.74, 6) is 1.55. The largest absolute Gasteiger partial charge is 0.625 e. The van der Waals surface area contributed by atoms with Gasteiger partial charge in [0.25, 0.3) is 0 Å². The van der Waals surface area contributed by atoms with Crippen molar-refractivity contribution >= 4 is 15.6 Å². The number of hydrogen-bond acceptors (Lipinski definition) is 10. The predicted octanol–water partition coefficient (Wildman–Crippen LogP) is 12.6. The van der Waals surface area contributed by atoms with Gasteiger partial charge >= 0.3 is 15.6 Å². The fourth-order valence-electron chi connectivity index (χ4n) is 5.43. The highest BCUT2D eigenvalue weighted by molar-refractivity contribution is 7.49. The molecule has 0 unspecified atom stereocenters. The third-order valence-corrected chi connectivity index (χ3v) is 10.4. The molecule has 0 aliphatic rings. The second kappa shape index (κ2) is 19.2. The van der Waals surface area contributed by atoms with Crippen LogP contribution >= 0.6 is 15.6 Å². The molecule has 55 heavy (non-hydrogen) atoms. The van der Waals surface area contributed by atoms with Gasteiger partial charge in [0.05, 0.1) is 5.56 Å². The van der Waals surface area contributed by atoms with E-state index in [-0.39, 0.29) is 28.7 Å². The zero-order valence-electron chi connectivity index (χ0n) is 30.5. The quantitative estimate of drug-likeness (QED) is 0.0244. The summed E-state index contributed by atoms with van der Waals surface area (Å²) >= 11 is 0. The van der Waals surface area contributed by atoms with Gasteiger partial charge in [-0.05, 0) is 91.6 Å². The average molecular weight is 781 g/mol. The van der Waals surface area contributed by atoms with Crippen molar-refractivity contribution in [1.82, 2.24) is 0 Å². The van der Waals surface area contributed by atoms with Crippen LogP contribution in [0.2, 0.25) is 0 Å². The van der Waals surface area contributed by atoms with Gasteiger partial charge in [-0.15, -0.1) is 0 Å². The Hall–Kier alpha value is -5.50. The summed E-state index contributed by atoms with van der Waals surface area (Å²) in [6, 6.07) is 45.6. The predicted molar refractivity (Wildman–Crippen MR) is 212 cm³/mol. The zero-order valence-corrected chi connectivity index (χ0v) is 32.3. The number of para-hydroxylation sites is 4. The van der Waals surface area contributed by atoms with Crippen LogP contribution in [0.25, 0.3) is 11.1 Å². The van der Waals surface area contributed by atoms with Gasteiger partial charge in [-0.3, -0.25) is 0 Å². The molecule has 6 rings (SSSR count). The Labute approximate surface area is 321 Å². The van der Waals surface area contributed by atoms with E-state index in [0.717, 1.165) is 30.4 Å². The molecule has 284 valence electrons. The summed E-state index contributed by atoms with van der Waals surface area (Å²) in [7, 11) is -8.77. The fraction of sp³-hybridized carbons (Fsp3) is 0.163. The molecule has 0 aliphatic heterocycles. The highest BCUT2D eigenvalue weighted by atomic mass is 31.2. The molecular weight excluding hydrogens is 738 g/mol. The first-order valence-electron chi connectivity index (χ1n) is 17.9. The van der Waals surface area contributed by atoms with E-state index < -0.39 is 22.4 Å². The first-order valence-corrected chi connectivity index (χ1v) is 20.8. The molecule has 6 aromatic rings. The number of phosphoric ester groups is 2. The number of unbranched alkanes of at least 4 members (excludes halogenated alkanes) is 2. The lowest BCUT2D eigenvalue weighted by Crippen LogP contribution is -2.11. The van der Waals surface area contributed by atoms with Crippen molar-refractivity contribution in [3.63, 3.8) is 0 Å². The molecule has 12 heteroatoms. The third kappa shape index (κ3) is 11.7. The SMILES string of the molecule is CCCCCc1cc(OCOP(=O)(Oc2ccccc2)Oc2ccccc2)c(-c2cccc(C)c2)c(OOP(=O)(Oc2ccccc2)Oc2ccccc2)c1. The minimum absolute atomic E-state index is 0.174. The second-order valence-corrected chi connectivity index (χ2v) is 15.3. The number of ether oxygens (including phenoxy) is 1. The minimum atomic E-state index is -4.47. The van der Waals surface area contributed by atoms with Gasteiger partial charge in [0.2, 0.25) is 6.79 Å². The van der Waals surface area contributed by atoms with Gasteiger partial charge in [0.15, 0.2) is 5.75 Å². The molecule has 0 radical (unpaired) electrons. The Morgan fingerprint density at radius 3 is 1.51 bits per heavy atom. The van der Waals surface area contributed by atoms with Crippen molar-refractivity contribution in [2.24, 2.45) is 0 Å². The first-order chi connectivity index (χ1) is 26.8. The van der Waals surface area contributed by atoms with Crippen LogP contribution in [0.5, 0.6) is 34.5 Å². The summed E-state index contributed by atoms with van der Waals surface area (Å²) in [5.41, 5.74) is 2.94. The smallest absolute Gasteiger partial charge is 0.466 e. The normalized spacial score (nSPS) is 11.4. The van der Waals surface area contributed by atoms with Crippen molar-refractivity contribution in [3.8, 4) is 45.6 Å². The summed E-state index contributed by atoms with van der Waals surface area (Å²) in [5, 5.41) is 0. The zero-order chi connectivity index (χ0) is 38.4. The van der Waals surface area contributed by atoms with Crippen LogP contribution < -0.4 is 27.7 Å². The lowest BCUT2D eigenvalue weighted by molar-refractivity contribution is -0.118. The van der Waals surface area contributed by atoms with Crippen LogP contribution in [0, 0.1) is 6.92 Å². The van der Waals surface area contributed by atoms with Gasteiger partial charge < -0.3 is 27.7 Å². The molecule has 0 bridgehead atoms. The molecule has 10 nitrogen and oxygen atoms in total. The van der Waals surface area contributed by atoms with E-state index in [1.807, 2.05) is 49.4 Å². The van der Waals surface area contributed by atoms with Gasteiger partial charge in [-0.1, -0.05) is 127 Å². The monoisotopic (exact) mass is 780 g/mol. The molecule has 0 spiro atoms. The van der Waals surface area contributed by atoms with E-state index in [0.29, 0.717) is 23.3 Å². The van der Waals surface area contributed by atoms with E-state index in [4.69, 9.17) is 36.9 Å². The van der Waals surface area contributed by atoms with Crippen LogP contribution in [-0.4, -0.2) is 6.79 Å². The third-order valence-electron chi connectivity index (χ3n) is 7.99. The molecule has 0 aliphatic carbocycles. The fourth-order valence-corrected chi connectivity index (χ4v) is 7.55. The maximum absolute atomic E-state index is 14.3. The van der Waals surface area contributed by atoms with Gasteiger partial charge in [0.1, 0.15) is 28.7 Å². The van der Waals surface area contributed by atoms with Crippen LogP contribution in [-0.2, 0) is 24.7 Å². The minimum Gasteiger partial charge on any atom is -0.466 e. The van der Waals surface area contributed by atoms with Crippen LogP contribution in [0.3, 0.4) is 0 Å². The van der Waals surface area contributed by atoms with Gasteiger partial charge in [-0.2, -0.15) is 0 Å². The molecule has 0 N–H and O–H groups in total. The molecule has 0 saturated heterocycles. The highest BCUT2D eigenvalue weighted by Gasteiger charge is 2.35. The van der Waals surface area contributed by atoms with Crippen LogP contribution in [0.1, 0.15) is 37.3 Å². The molecule has 0 atom stereocenters. The number of rotatable bonds is 20. The van der Waals surface area contributed by atoms with E-state index in [2.05, 4.69) is 6.92 Å². The number of aryl methyl sites for hydroxylation is 2. The molecule has 6 aromatic carbocycles. The Morgan fingerprint density at radius 2 is 1.02 bits per heavy atom. The van der Waals surface area contributed by atoms with Crippen molar-refractivity contribution in [1.29, 1.82) is 0 Å². The van der Waals surface area contributed by atoms with Crippen molar-refractivity contribution < 1.29 is 46.0 Å². The standard InChI is InChI=1S/C43H42O10P2/c1-3-4-9-20-35-31-41(46-33-47-54(44,49-37-22-10-5-11-23-37)50-38-24-12-6-13-25-38)43(36-21-18-19-34(2)30-36)42(32-35)48-53-55(45,51-39-26-14-7-15-27-39)52-40-28-16-8-17-29-40/h5-8,10-19,21-32H,3-4,9,20,33H2,1-2H3. The van der Waals surface area contributed by atoms with E-state index >= 15 is 0 Å². The lowest BCUT2D eigenvalue weighted by atomic mass is 9.97. The van der Waals surface area contributed by atoms with Crippen molar-refractivity contribution in [3.05, 3.63) is 169 Å². The first kappa shape index (κ1) is 39.2. The number of benzene rings is 6. The van der Waals surface area contributed by atoms with E-state index in [1.54, 1.807) is 115 Å². The molecule has 0 amide bonds. The summed E-state index contributed by atoms with van der Waals surface area (Å²) in [6.45, 7) is 3.54. The molecule has 0 fully saturated rings. The number of phosphoric acid groups is 2. The molecule has 0 saturated carbocycles. The summed E-state index contributed by atoms with van der Waals surface area (Å²) < 4.78 is 69.4. The maximum Gasteiger partial charge on any atom is 0.625 e. The Morgan fingerprint density at radius 1 is 0.527 bits per heavy atom. The molecule has 0 heterocycles. The molecular formula is C43H42O10P2. The molecule has 0 aromatic heterocycles. The van der Waals surface area contributed by atoms with Gasteiger partial charge in [0, 0.05) is 0 Å². The Balaban J connectivity index is 1.34. The average Bonchev–Trinajstić information content (AvgIpc) is 3.18. The summed E-state index contributed by atoms with van der Waals surface area (Å²) in [6.07, 6.45) is 3.56. The van der Waals surface area contributed by atoms with Crippen LogP contribution in [0.4, 0.5) is 0 Å². The number of hydrogen-bond donors (Lipinski definition) is 0. The maximum atomic E-state index is 14.3. The Bertz CT molecular complexity index is 2100.